The summed E-state index contributed by atoms with van der Waals surface area (Å²) in [7, 11) is 0. The molecule has 0 aliphatic heterocycles. The Morgan fingerprint density at radius 1 is 1.14 bits per heavy atom. The molecule has 0 bridgehead atoms. The maximum atomic E-state index is 13.7. The Balaban J connectivity index is 2.26. The second-order valence-electron chi connectivity index (χ2n) is 4.04. The number of alkyl halides is 3. The van der Waals surface area contributed by atoms with Crippen LogP contribution in [0.25, 0.3) is 0 Å². The quantitative estimate of drug-likeness (QED) is 0.619. The summed E-state index contributed by atoms with van der Waals surface area (Å²) in [6, 6.07) is 5.10. The van der Waals surface area contributed by atoms with Gasteiger partial charge in [0, 0.05) is 21.1 Å². The number of pyridine rings is 1. The average molecular weight is 382 g/mol. The molecule has 0 saturated heterocycles. The highest BCUT2D eigenvalue weighted by atomic mass is 79.9. The van der Waals surface area contributed by atoms with E-state index in [9.17, 15) is 22.7 Å². The van der Waals surface area contributed by atoms with Gasteiger partial charge in [-0.3, -0.25) is 4.98 Å². The number of aliphatic hydroxyl groups excluding tert-OH is 1. The molecule has 1 aromatic heterocycles. The van der Waals surface area contributed by atoms with Crippen LogP contribution in [0.1, 0.15) is 17.2 Å². The first-order chi connectivity index (χ1) is 9.78. The molecule has 0 radical (unpaired) electrons. The van der Waals surface area contributed by atoms with E-state index in [-0.39, 0.29) is 32.3 Å². The third-order valence-electron chi connectivity index (χ3n) is 2.59. The maximum Gasteiger partial charge on any atom is 0.446 e. The van der Waals surface area contributed by atoms with Crippen molar-refractivity contribution in [3.8, 4) is 0 Å². The zero-order chi connectivity index (χ0) is 15.6. The van der Waals surface area contributed by atoms with Gasteiger partial charge < -0.3 is 5.11 Å². The first-order valence-electron chi connectivity index (χ1n) is 5.60. The normalized spacial score (nSPS) is 13.2. The standard InChI is InChI=1S/C13H8BrF4NOS/c14-9-5-19-6-10(15)11(9)12(20)7-1-3-8(4-2-7)21-13(16,17)18/h1-6,12,20H. The smallest absolute Gasteiger partial charge is 0.384 e. The lowest BCUT2D eigenvalue weighted by Gasteiger charge is -2.14. The van der Waals surface area contributed by atoms with Gasteiger partial charge in [-0.1, -0.05) is 12.1 Å². The highest BCUT2D eigenvalue weighted by Gasteiger charge is 2.29. The lowest BCUT2D eigenvalue weighted by molar-refractivity contribution is -0.0328. The van der Waals surface area contributed by atoms with Crippen molar-refractivity contribution in [1.29, 1.82) is 0 Å². The first kappa shape index (κ1) is 16.3. The van der Waals surface area contributed by atoms with Gasteiger partial charge >= 0.3 is 5.51 Å². The number of rotatable bonds is 3. The minimum absolute atomic E-state index is 0.00674. The molecule has 0 spiro atoms. The fourth-order valence-electron chi connectivity index (χ4n) is 1.70. The molecular formula is C13H8BrF4NOS. The van der Waals surface area contributed by atoms with Crippen LogP contribution in [0.3, 0.4) is 0 Å². The third-order valence-corrected chi connectivity index (χ3v) is 3.96. The minimum Gasteiger partial charge on any atom is -0.384 e. The van der Waals surface area contributed by atoms with E-state index in [2.05, 4.69) is 20.9 Å². The lowest BCUT2D eigenvalue weighted by atomic mass is 10.0. The van der Waals surface area contributed by atoms with Crippen molar-refractivity contribution in [3.05, 3.63) is 58.1 Å². The molecule has 1 unspecified atom stereocenters. The number of aliphatic hydroxyl groups is 1. The van der Waals surface area contributed by atoms with Crippen molar-refractivity contribution >= 4 is 27.7 Å². The lowest BCUT2D eigenvalue weighted by Crippen LogP contribution is -2.05. The van der Waals surface area contributed by atoms with Gasteiger partial charge in [0.2, 0.25) is 0 Å². The molecule has 2 aromatic rings. The average Bonchev–Trinajstić information content (AvgIpc) is 2.37. The summed E-state index contributed by atoms with van der Waals surface area (Å²) < 4.78 is 50.6. The van der Waals surface area contributed by atoms with Crippen LogP contribution in [0, 0.1) is 5.82 Å². The second kappa shape index (κ2) is 6.33. The Hall–Kier alpha value is -1.12. The molecule has 2 nitrogen and oxygen atoms in total. The highest BCUT2D eigenvalue weighted by molar-refractivity contribution is 9.10. The Bertz CT molecular complexity index is 613. The van der Waals surface area contributed by atoms with Crippen molar-refractivity contribution in [2.75, 3.05) is 0 Å². The molecule has 8 heteroatoms. The largest absolute Gasteiger partial charge is 0.446 e. The Morgan fingerprint density at radius 3 is 2.29 bits per heavy atom. The Morgan fingerprint density at radius 2 is 1.76 bits per heavy atom. The molecule has 0 fully saturated rings. The molecule has 0 aliphatic rings. The first-order valence-corrected chi connectivity index (χ1v) is 7.21. The monoisotopic (exact) mass is 381 g/mol. The van der Waals surface area contributed by atoms with Crippen LogP contribution >= 0.6 is 27.7 Å². The molecule has 1 heterocycles. The molecule has 0 amide bonds. The van der Waals surface area contributed by atoms with Crippen LogP contribution in [0.4, 0.5) is 17.6 Å². The molecule has 21 heavy (non-hydrogen) atoms. The highest BCUT2D eigenvalue weighted by Crippen LogP contribution is 2.37. The molecule has 0 saturated carbocycles. The fraction of sp³-hybridized carbons (Fsp3) is 0.154. The number of benzene rings is 1. The number of nitrogens with zero attached hydrogens (tertiary/aromatic N) is 1. The molecule has 112 valence electrons. The van der Waals surface area contributed by atoms with Gasteiger partial charge in [-0.05, 0) is 45.4 Å². The van der Waals surface area contributed by atoms with Crippen molar-refractivity contribution in [2.24, 2.45) is 0 Å². The van der Waals surface area contributed by atoms with E-state index in [4.69, 9.17) is 0 Å². The Kier molecular flexibility index (Phi) is 4.90. The fourth-order valence-corrected chi connectivity index (χ4v) is 2.76. The molecule has 1 aromatic carbocycles. The minimum atomic E-state index is -4.37. The number of halogens is 5. The van der Waals surface area contributed by atoms with Crippen LogP contribution in [-0.4, -0.2) is 15.6 Å². The number of hydrogen-bond donors (Lipinski definition) is 1. The molecule has 0 aliphatic carbocycles. The van der Waals surface area contributed by atoms with Gasteiger partial charge in [0.25, 0.3) is 0 Å². The van der Waals surface area contributed by atoms with Crippen LogP contribution in [0.5, 0.6) is 0 Å². The molecule has 1 N–H and O–H groups in total. The summed E-state index contributed by atoms with van der Waals surface area (Å²) in [6.45, 7) is 0. The third kappa shape index (κ3) is 4.18. The predicted octanol–water partition coefficient (Wildman–Crippen LogP) is 4.68. The van der Waals surface area contributed by atoms with Gasteiger partial charge in [0.05, 0.1) is 6.20 Å². The van der Waals surface area contributed by atoms with Crippen LogP contribution < -0.4 is 0 Å². The van der Waals surface area contributed by atoms with Gasteiger partial charge in [0.15, 0.2) is 0 Å². The zero-order valence-corrected chi connectivity index (χ0v) is 12.6. The summed E-state index contributed by atoms with van der Waals surface area (Å²) in [4.78, 5) is 3.61. The van der Waals surface area contributed by atoms with Crippen LogP contribution in [-0.2, 0) is 0 Å². The second-order valence-corrected chi connectivity index (χ2v) is 6.03. The maximum absolute atomic E-state index is 13.7. The Labute approximate surface area is 130 Å². The summed E-state index contributed by atoms with van der Waals surface area (Å²) in [5.74, 6) is -0.703. The molecule has 2 rings (SSSR count). The van der Waals surface area contributed by atoms with E-state index < -0.39 is 17.4 Å². The van der Waals surface area contributed by atoms with E-state index in [1.54, 1.807) is 0 Å². The number of hydrogen-bond acceptors (Lipinski definition) is 3. The molecule has 1 atom stereocenters. The zero-order valence-electron chi connectivity index (χ0n) is 10.2. The number of aromatic nitrogens is 1. The van der Waals surface area contributed by atoms with Gasteiger partial charge in [-0.25, -0.2) is 4.39 Å². The van der Waals surface area contributed by atoms with Crippen molar-refractivity contribution in [3.63, 3.8) is 0 Å². The van der Waals surface area contributed by atoms with E-state index in [0.717, 1.165) is 6.20 Å². The van der Waals surface area contributed by atoms with Crippen molar-refractivity contribution in [1.82, 2.24) is 4.98 Å². The predicted molar refractivity (Wildman–Crippen MR) is 74.3 cm³/mol. The molecular weight excluding hydrogens is 374 g/mol. The van der Waals surface area contributed by atoms with E-state index >= 15 is 0 Å². The van der Waals surface area contributed by atoms with Gasteiger partial charge in [-0.2, -0.15) is 13.2 Å². The van der Waals surface area contributed by atoms with Gasteiger partial charge in [-0.15, -0.1) is 0 Å². The van der Waals surface area contributed by atoms with E-state index in [0.29, 0.717) is 0 Å². The SMILES string of the molecule is OC(c1ccc(SC(F)(F)F)cc1)c1c(F)cncc1Br. The van der Waals surface area contributed by atoms with E-state index in [1.807, 2.05) is 0 Å². The van der Waals surface area contributed by atoms with Crippen molar-refractivity contribution < 1.29 is 22.7 Å². The topological polar surface area (TPSA) is 33.1 Å². The van der Waals surface area contributed by atoms with Gasteiger partial charge in [0.1, 0.15) is 11.9 Å². The summed E-state index contributed by atoms with van der Waals surface area (Å²) in [5.41, 5.74) is -4.10. The summed E-state index contributed by atoms with van der Waals surface area (Å²) in [5, 5.41) is 10.2. The van der Waals surface area contributed by atoms with Crippen LogP contribution in [0.2, 0.25) is 0 Å². The summed E-state index contributed by atoms with van der Waals surface area (Å²) in [6.07, 6.45) is 0.986. The number of thioether (sulfide) groups is 1. The van der Waals surface area contributed by atoms with Crippen LogP contribution in [0.15, 0.2) is 46.0 Å². The summed E-state index contributed by atoms with van der Waals surface area (Å²) >= 11 is 2.83. The van der Waals surface area contributed by atoms with E-state index in [1.165, 1.54) is 30.5 Å². The van der Waals surface area contributed by atoms with Crippen molar-refractivity contribution in [2.45, 2.75) is 16.5 Å².